The van der Waals surface area contributed by atoms with Crippen LogP contribution in [0.15, 0.2) is 54.7 Å². The van der Waals surface area contributed by atoms with Gasteiger partial charge in [-0.3, -0.25) is 9.59 Å². The summed E-state index contributed by atoms with van der Waals surface area (Å²) in [6, 6.07) is 14.9. The molecule has 0 bridgehead atoms. The fraction of sp³-hybridized carbons (Fsp3) is 0.304. The Bertz CT molecular complexity index is 1050. The van der Waals surface area contributed by atoms with Gasteiger partial charge < -0.3 is 20.3 Å². The van der Waals surface area contributed by atoms with E-state index in [-0.39, 0.29) is 12.1 Å². The fourth-order valence-corrected chi connectivity index (χ4v) is 3.50. The number of aliphatic hydroxyl groups excluding tert-OH is 1. The van der Waals surface area contributed by atoms with Crippen molar-refractivity contribution in [1.29, 1.82) is 0 Å². The molecule has 0 fully saturated rings. The molecule has 0 radical (unpaired) electrons. The van der Waals surface area contributed by atoms with Gasteiger partial charge in [-0.25, -0.2) is 0 Å². The summed E-state index contributed by atoms with van der Waals surface area (Å²) in [5.41, 5.74) is 1.53. The van der Waals surface area contributed by atoms with Crippen molar-refractivity contribution >= 4 is 11.9 Å². The molecule has 2 unspecified atom stereocenters. The minimum Gasteiger partial charge on any atom is -0.496 e. The number of methoxy groups -OCH3 is 1. The molecule has 0 saturated carbocycles. The SMILES string of the molecule is COc1ccccc1-c1ccc(CC(CC(C)(CO)C(=O)O)NC(=O)c2cn[nH]n2)cc1. The Hall–Kier alpha value is -3.72. The van der Waals surface area contributed by atoms with Crippen LogP contribution < -0.4 is 10.1 Å². The summed E-state index contributed by atoms with van der Waals surface area (Å²) in [7, 11) is 1.62. The van der Waals surface area contributed by atoms with E-state index in [0.29, 0.717) is 6.42 Å². The fourth-order valence-electron chi connectivity index (χ4n) is 3.50. The molecule has 4 N–H and O–H groups in total. The Morgan fingerprint density at radius 2 is 1.91 bits per heavy atom. The van der Waals surface area contributed by atoms with Crippen LogP contribution in [0.5, 0.6) is 5.75 Å². The van der Waals surface area contributed by atoms with Gasteiger partial charge in [-0.05, 0) is 37.0 Å². The van der Waals surface area contributed by atoms with Crippen LogP contribution in [-0.2, 0) is 11.2 Å². The van der Waals surface area contributed by atoms with Crippen LogP contribution in [0.3, 0.4) is 0 Å². The van der Waals surface area contributed by atoms with Crippen molar-refractivity contribution in [2.45, 2.75) is 25.8 Å². The maximum Gasteiger partial charge on any atom is 0.311 e. The highest BCUT2D eigenvalue weighted by molar-refractivity contribution is 5.92. The van der Waals surface area contributed by atoms with Crippen molar-refractivity contribution in [3.63, 3.8) is 0 Å². The maximum absolute atomic E-state index is 12.5. The van der Waals surface area contributed by atoms with Crippen LogP contribution in [0.1, 0.15) is 29.4 Å². The zero-order chi connectivity index (χ0) is 23.1. The second-order valence-electron chi connectivity index (χ2n) is 7.86. The number of para-hydroxylation sites is 1. The molecule has 2 aromatic carbocycles. The Morgan fingerprint density at radius 1 is 1.19 bits per heavy atom. The Kier molecular flexibility index (Phi) is 7.21. The van der Waals surface area contributed by atoms with E-state index in [1.165, 1.54) is 13.1 Å². The van der Waals surface area contributed by atoms with Gasteiger partial charge >= 0.3 is 5.97 Å². The number of aliphatic hydroxyl groups is 1. The zero-order valence-corrected chi connectivity index (χ0v) is 17.9. The molecule has 9 heteroatoms. The number of hydrogen-bond donors (Lipinski definition) is 4. The Balaban J connectivity index is 1.81. The molecule has 3 aromatic rings. The quantitative estimate of drug-likeness (QED) is 0.381. The third kappa shape index (κ3) is 5.30. The van der Waals surface area contributed by atoms with E-state index in [1.54, 1.807) is 7.11 Å². The smallest absolute Gasteiger partial charge is 0.311 e. The summed E-state index contributed by atoms with van der Waals surface area (Å²) in [5.74, 6) is -0.842. The summed E-state index contributed by atoms with van der Waals surface area (Å²) < 4.78 is 5.42. The highest BCUT2D eigenvalue weighted by atomic mass is 16.5. The molecule has 0 spiro atoms. The average Bonchev–Trinajstić information content (AvgIpc) is 3.34. The van der Waals surface area contributed by atoms with Gasteiger partial charge in [0.1, 0.15) is 5.75 Å². The molecule has 2 atom stereocenters. The summed E-state index contributed by atoms with van der Waals surface area (Å²) in [4.78, 5) is 24.2. The van der Waals surface area contributed by atoms with E-state index in [9.17, 15) is 19.8 Å². The van der Waals surface area contributed by atoms with Crippen LogP contribution in [0, 0.1) is 5.41 Å². The predicted molar refractivity (Wildman–Crippen MR) is 117 cm³/mol. The van der Waals surface area contributed by atoms with E-state index in [2.05, 4.69) is 20.7 Å². The molecule has 0 aliphatic rings. The maximum atomic E-state index is 12.5. The lowest BCUT2D eigenvalue weighted by molar-refractivity contribution is -0.151. The first kappa shape index (κ1) is 23.0. The second-order valence-corrected chi connectivity index (χ2v) is 7.86. The molecule has 1 heterocycles. The summed E-state index contributed by atoms with van der Waals surface area (Å²) >= 11 is 0. The first-order valence-electron chi connectivity index (χ1n) is 10.1. The van der Waals surface area contributed by atoms with Crippen LogP contribution >= 0.6 is 0 Å². The zero-order valence-electron chi connectivity index (χ0n) is 17.9. The first-order chi connectivity index (χ1) is 15.4. The summed E-state index contributed by atoms with van der Waals surface area (Å²) in [6.07, 6.45) is 1.70. The van der Waals surface area contributed by atoms with E-state index in [4.69, 9.17) is 4.74 Å². The number of benzene rings is 2. The summed E-state index contributed by atoms with van der Waals surface area (Å²) in [5, 5.41) is 31.8. The van der Waals surface area contributed by atoms with Gasteiger partial charge in [0.25, 0.3) is 5.91 Å². The number of aromatic nitrogens is 3. The Labute approximate surface area is 185 Å². The minimum absolute atomic E-state index is 0.0384. The summed E-state index contributed by atoms with van der Waals surface area (Å²) in [6.45, 7) is 0.904. The highest BCUT2D eigenvalue weighted by Crippen LogP contribution is 2.30. The van der Waals surface area contributed by atoms with Crippen LogP contribution in [0.2, 0.25) is 0 Å². The number of amides is 1. The van der Waals surface area contributed by atoms with Gasteiger partial charge in [0.2, 0.25) is 0 Å². The number of carboxylic acid groups (broad SMARTS) is 1. The standard InChI is InChI=1S/C23H26N4O5/c1-23(14-28,22(30)31)12-17(25-21(29)19-13-24-27-26-19)11-15-7-9-16(10-8-15)18-5-3-4-6-20(18)32-2/h3-10,13,17,28H,11-12,14H2,1-2H3,(H,25,29)(H,30,31)(H,24,26,27). The van der Waals surface area contributed by atoms with Crippen molar-refractivity contribution < 1.29 is 24.5 Å². The number of rotatable bonds is 10. The molecule has 1 aromatic heterocycles. The molecule has 0 aliphatic carbocycles. The van der Waals surface area contributed by atoms with Gasteiger partial charge in [0.15, 0.2) is 5.69 Å². The van der Waals surface area contributed by atoms with E-state index < -0.39 is 29.9 Å². The number of carboxylic acids is 1. The molecule has 168 valence electrons. The third-order valence-corrected chi connectivity index (χ3v) is 5.40. The van der Waals surface area contributed by atoms with Crippen molar-refractivity contribution in [2.75, 3.05) is 13.7 Å². The number of nitrogens with zero attached hydrogens (tertiary/aromatic N) is 2. The van der Waals surface area contributed by atoms with E-state index >= 15 is 0 Å². The van der Waals surface area contributed by atoms with E-state index in [0.717, 1.165) is 22.4 Å². The second kappa shape index (κ2) is 10.1. The van der Waals surface area contributed by atoms with Gasteiger partial charge in [0, 0.05) is 11.6 Å². The number of aromatic amines is 1. The van der Waals surface area contributed by atoms with Crippen LogP contribution in [0.4, 0.5) is 0 Å². The van der Waals surface area contributed by atoms with Crippen LogP contribution in [-0.4, -0.2) is 57.3 Å². The number of nitrogens with one attached hydrogen (secondary N) is 2. The monoisotopic (exact) mass is 438 g/mol. The van der Waals surface area contributed by atoms with E-state index in [1.807, 2.05) is 48.5 Å². The third-order valence-electron chi connectivity index (χ3n) is 5.40. The van der Waals surface area contributed by atoms with Crippen molar-refractivity contribution in [2.24, 2.45) is 5.41 Å². The highest BCUT2D eigenvalue weighted by Gasteiger charge is 2.36. The Morgan fingerprint density at radius 3 is 2.50 bits per heavy atom. The lowest BCUT2D eigenvalue weighted by Gasteiger charge is -2.28. The predicted octanol–water partition coefficient (Wildman–Crippen LogP) is 2.29. The average molecular weight is 438 g/mol. The minimum atomic E-state index is -1.40. The number of ether oxygens (including phenoxy) is 1. The normalized spacial score (nSPS) is 13.7. The molecule has 32 heavy (non-hydrogen) atoms. The lowest BCUT2D eigenvalue weighted by Crippen LogP contribution is -2.44. The van der Waals surface area contributed by atoms with Crippen LogP contribution in [0.25, 0.3) is 11.1 Å². The van der Waals surface area contributed by atoms with Gasteiger partial charge in [-0.15, -0.1) is 0 Å². The number of H-pyrrole nitrogens is 1. The molecule has 3 rings (SSSR count). The first-order valence-corrected chi connectivity index (χ1v) is 10.1. The number of aliphatic carboxylic acids is 1. The topological polar surface area (TPSA) is 137 Å². The number of carbonyl (C=O) groups excluding carboxylic acids is 1. The lowest BCUT2D eigenvalue weighted by atomic mass is 9.82. The largest absolute Gasteiger partial charge is 0.496 e. The number of carbonyl (C=O) groups is 2. The molecular weight excluding hydrogens is 412 g/mol. The van der Waals surface area contributed by atoms with Gasteiger partial charge in [-0.1, -0.05) is 42.5 Å². The molecule has 0 saturated heterocycles. The number of hydrogen-bond acceptors (Lipinski definition) is 6. The molecule has 9 nitrogen and oxygen atoms in total. The van der Waals surface area contributed by atoms with Crippen molar-refractivity contribution in [3.8, 4) is 16.9 Å². The molecule has 0 aliphatic heterocycles. The molecular formula is C23H26N4O5. The van der Waals surface area contributed by atoms with Gasteiger partial charge in [-0.2, -0.15) is 15.4 Å². The van der Waals surface area contributed by atoms with Crippen molar-refractivity contribution in [1.82, 2.24) is 20.7 Å². The molecule has 1 amide bonds. The van der Waals surface area contributed by atoms with Gasteiger partial charge in [0.05, 0.1) is 25.3 Å². The van der Waals surface area contributed by atoms with Crippen molar-refractivity contribution in [3.05, 3.63) is 66.0 Å².